The summed E-state index contributed by atoms with van der Waals surface area (Å²) in [5.41, 5.74) is 4.44. The van der Waals surface area contributed by atoms with Crippen LogP contribution in [0.5, 0.6) is 5.75 Å². The zero-order valence-corrected chi connectivity index (χ0v) is 20.5. The first-order valence-electron chi connectivity index (χ1n) is 11.4. The quantitative estimate of drug-likeness (QED) is 0.354. The lowest BCUT2D eigenvalue weighted by atomic mass is 10.0. The summed E-state index contributed by atoms with van der Waals surface area (Å²) in [5.74, 6) is 0.182. The van der Waals surface area contributed by atoms with Crippen molar-refractivity contribution in [2.24, 2.45) is 0 Å². The third-order valence-corrected chi connectivity index (χ3v) is 5.52. The van der Waals surface area contributed by atoms with Crippen molar-refractivity contribution in [2.45, 2.75) is 33.2 Å². The molecule has 3 aromatic rings. The molecule has 3 rings (SSSR count). The van der Waals surface area contributed by atoms with E-state index < -0.39 is 0 Å². The van der Waals surface area contributed by atoms with E-state index >= 15 is 0 Å². The molecule has 0 atom stereocenters. The van der Waals surface area contributed by atoms with Crippen LogP contribution >= 0.6 is 0 Å². The molecule has 0 bridgehead atoms. The molecule has 0 unspecified atom stereocenters. The fourth-order valence-electron chi connectivity index (χ4n) is 3.63. The number of ether oxygens (including phenoxy) is 1. The maximum atomic E-state index is 13.4. The number of anilines is 1. The summed E-state index contributed by atoms with van der Waals surface area (Å²) in [6, 6.07) is 15.1. The number of amides is 1. The van der Waals surface area contributed by atoms with Crippen LogP contribution in [-0.4, -0.2) is 47.6 Å². The molecule has 0 aliphatic rings. The van der Waals surface area contributed by atoms with Crippen molar-refractivity contribution >= 4 is 17.4 Å². The molecule has 0 aliphatic carbocycles. The molecule has 7 nitrogen and oxygen atoms in total. The van der Waals surface area contributed by atoms with Crippen molar-refractivity contribution in [3.8, 4) is 5.75 Å². The van der Waals surface area contributed by atoms with Crippen molar-refractivity contribution in [2.75, 3.05) is 26.5 Å². The van der Waals surface area contributed by atoms with Gasteiger partial charge in [0.1, 0.15) is 17.1 Å². The molecule has 0 fully saturated rings. The zero-order chi connectivity index (χ0) is 24.7. The van der Waals surface area contributed by atoms with Gasteiger partial charge in [-0.2, -0.15) is 5.10 Å². The minimum absolute atomic E-state index is 0.219. The second kappa shape index (κ2) is 11.3. The van der Waals surface area contributed by atoms with Crippen molar-refractivity contribution in [3.63, 3.8) is 0 Å². The lowest BCUT2D eigenvalue weighted by Crippen LogP contribution is -2.20. The third-order valence-electron chi connectivity index (χ3n) is 5.52. The highest BCUT2D eigenvalue weighted by Gasteiger charge is 2.20. The number of methoxy groups -OCH3 is 1. The van der Waals surface area contributed by atoms with E-state index in [9.17, 15) is 9.59 Å². The van der Waals surface area contributed by atoms with Crippen LogP contribution in [0.25, 0.3) is 0 Å². The number of rotatable bonds is 10. The Morgan fingerprint density at radius 1 is 1.06 bits per heavy atom. The Morgan fingerprint density at radius 2 is 1.71 bits per heavy atom. The Balaban J connectivity index is 1.98. The van der Waals surface area contributed by atoms with Crippen LogP contribution in [0.2, 0.25) is 0 Å². The van der Waals surface area contributed by atoms with Crippen molar-refractivity contribution in [3.05, 3.63) is 88.9 Å². The van der Waals surface area contributed by atoms with Crippen LogP contribution < -0.4 is 10.1 Å². The average molecular weight is 461 g/mol. The van der Waals surface area contributed by atoms with Crippen LogP contribution in [-0.2, 0) is 19.4 Å². The van der Waals surface area contributed by atoms with E-state index in [0.29, 0.717) is 12.2 Å². The van der Waals surface area contributed by atoms with E-state index in [1.165, 1.54) is 6.08 Å². The number of ketones is 1. The first-order chi connectivity index (χ1) is 16.4. The minimum Gasteiger partial charge on any atom is -0.497 e. The second-order valence-corrected chi connectivity index (χ2v) is 8.18. The normalized spacial score (nSPS) is 11.0. The van der Waals surface area contributed by atoms with E-state index in [0.717, 1.165) is 41.0 Å². The highest BCUT2D eigenvalue weighted by Crippen LogP contribution is 2.24. The van der Waals surface area contributed by atoms with Gasteiger partial charge in [-0.15, -0.1) is 0 Å². The van der Waals surface area contributed by atoms with Crippen LogP contribution in [0.15, 0.2) is 60.8 Å². The van der Waals surface area contributed by atoms with E-state index in [1.54, 1.807) is 29.0 Å². The molecule has 0 aliphatic heterocycles. The number of para-hydroxylation sites is 1. The van der Waals surface area contributed by atoms with E-state index in [1.807, 2.05) is 56.6 Å². The monoisotopic (exact) mass is 460 g/mol. The van der Waals surface area contributed by atoms with Gasteiger partial charge in [0.05, 0.1) is 13.7 Å². The number of carbonyl (C=O) groups is 2. The van der Waals surface area contributed by atoms with Gasteiger partial charge in [0, 0.05) is 38.1 Å². The minimum atomic E-state index is -0.299. The number of aryl methyl sites for hydroxylation is 2. The number of hydrogen-bond acceptors (Lipinski definition) is 5. The van der Waals surface area contributed by atoms with E-state index in [-0.39, 0.29) is 17.4 Å². The van der Waals surface area contributed by atoms with E-state index in [4.69, 9.17) is 4.74 Å². The van der Waals surface area contributed by atoms with Gasteiger partial charge < -0.3 is 15.0 Å². The van der Waals surface area contributed by atoms with Crippen LogP contribution in [0.3, 0.4) is 0 Å². The fourth-order valence-corrected chi connectivity index (χ4v) is 3.63. The molecule has 34 heavy (non-hydrogen) atoms. The molecule has 178 valence electrons. The van der Waals surface area contributed by atoms with Crippen LogP contribution in [0.4, 0.5) is 5.69 Å². The molecule has 0 radical (unpaired) electrons. The van der Waals surface area contributed by atoms with Crippen molar-refractivity contribution in [1.29, 1.82) is 0 Å². The van der Waals surface area contributed by atoms with Crippen molar-refractivity contribution in [1.82, 2.24) is 14.7 Å². The molecule has 1 amide bonds. The van der Waals surface area contributed by atoms with Gasteiger partial charge in [-0.25, -0.2) is 0 Å². The van der Waals surface area contributed by atoms with Gasteiger partial charge in [0.2, 0.25) is 5.78 Å². The topological polar surface area (TPSA) is 76.5 Å². The second-order valence-electron chi connectivity index (χ2n) is 8.18. The lowest BCUT2D eigenvalue weighted by Gasteiger charge is -2.15. The summed E-state index contributed by atoms with van der Waals surface area (Å²) in [5, 5.41) is 7.57. The average Bonchev–Trinajstić information content (AvgIpc) is 3.27. The lowest BCUT2D eigenvalue weighted by molar-refractivity contribution is 0.101. The van der Waals surface area contributed by atoms with Gasteiger partial charge >= 0.3 is 0 Å². The number of hydrogen-bond donors (Lipinski definition) is 1. The number of benzene rings is 2. The molecular formula is C27H32N4O3. The molecule has 1 aromatic heterocycles. The molecular weight excluding hydrogens is 428 g/mol. The maximum Gasteiger partial charge on any atom is 0.273 e. The molecule has 0 spiro atoms. The van der Waals surface area contributed by atoms with Gasteiger partial charge in [0.15, 0.2) is 0 Å². The Kier molecular flexibility index (Phi) is 8.24. The molecule has 1 heterocycles. The summed E-state index contributed by atoms with van der Waals surface area (Å²) in [7, 11) is 5.28. The highest BCUT2D eigenvalue weighted by atomic mass is 16.5. The predicted octanol–water partition coefficient (Wildman–Crippen LogP) is 4.58. The Morgan fingerprint density at radius 3 is 2.26 bits per heavy atom. The standard InChI is InChI=1S/C27H32N4O3/c1-6-20-9-8-10-21(7-2)26(20)28-27(33)24-17-23(25(32)15-16-30(3)4)29-31(24)18-19-11-13-22(34-5)14-12-19/h8-17H,6-7,18H2,1-5H3,(H,28,33)/b16-15+. The summed E-state index contributed by atoms with van der Waals surface area (Å²) >= 11 is 0. The Bertz CT molecular complexity index is 1150. The van der Waals surface area contributed by atoms with E-state index in [2.05, 4.69) is 24.3 Å². The molecule has 0 saturated carbocycles. The largest absolute Gasteiger partial charge is 0.497 e. The van der Waals surface area contributed by atoms with Gasteiger partial charge in [-0.3, -0.25) is 14.3 Å². The number of nitrogens with zero attached hydrogens (tertiary/aromatic N) is 3. The summed E-state index contributed by atoms with van der Waals surface area (Å²) in [6.45, 7) is 4.46. The van der Waals surface area contributed by atoms with Gasteiger partial charge in [-0.05, 0) is 41.7 Å². The third kappa shape index (κ3) is 5.92. The van der Waals surface area contributed by atoms with Crippen LogP contribution in [0.1, 0.15) is 51.5 Å². The number of nitrogens with one attached hydrogen (secondary N) is 1. The van der Waals surface area contributed by atoms with Gasteiger partial charge in [-0.1, -0.05) is 44.2 Å². The number of aromatic nitrogens is 2. The smallest absolute Gasteiger partial charge is 0.273 e. The summed E-state index contributed by atoms with van der Waals surface area (Å²) in [6.07, 6.45) is 4.71. The Labute approximate surface area is 201 Å². The fraction of sp³-hybridized carbons (Fsp3) is 0.296. The number of allylic oxidation sites excluding steroid dienone is 1. The molecule has 0 saturated heterocycles. The SMILES string of the molecule is CCc1cccc(CC)c1NC(=O)c1cc(C(=O)/C=C/N(C)C)nn1Cc1ccc(OC)cc1. The zero-order valence-electron chi connectivity index (χ0n) is 20.5. The summed E-state index contributed by atoms with van der Waals surface area (Å²) < 4.78 is 6.81. The van der Waals surface area contributed by atoms with Gasteiger partial charge in [0.25, 0.3) is 5.91 Å². The number of carbonyl (C=O) groups excluding carboxylic acids is 2. The maximum absolute atomic E-state index is 13.4. The Hall–Kier alpha value is -3.87. The predicted molar refractivity (Wildman–Crippen MR) is 135 cm³/mol. The molecule has 2 aromatic carbocycles. The first-order valence-corrected chi connectivity index (χ1v) is 11.4. The summed E-state index contributed by atoms with van der Waals surface area (Å²) in [4.78, 5) is 27.9. The first kappa shape index (κ1) is 24.8. The van der Waals surface area contributed by atoms with Crippen molar-refractivity contribution < 1.29 is 14.3 Å². The molecule has 7 heteroatoms. The highest BCUT2D eigenvalue weighted by molar-refractivity contribution is 6.08. The molecule has 1 N–H and O–H groups in total. The van der Waals surface area contributed by atoms with Crippen LogP contribution in [0, 0.1) is 0 Å².